The monoisotopic (exact) mass is 253 g/mol. The Hall–Kier alpha value is -0.780. The second-order valence-corrected chi connectivity index (χ2v) is 4.68. The standard InChI is InChI=1S/C11H18F3NO2/c1-7(16)6-15-10(17)8-2-4-9(5-3-8)11(12,13)14/h7-9,16H,2-6H2,1H3,(H,15,17)/t7-,8?,9?/m0/s1. The smallest absolute Gasteiger partial charge is 0.391 e. The van der Waals surface area contributed by atoms with Crippen molar-refractivity contribution in [2.75, 3.05) is 6.54 Å². The molecule has 1 rings (SSSR count). The molecule has 0 unspecified atom stereocenters. The predicted molar refractivity (Wildman–Crippen MR) is 56.2 cm³/mol. The summed E-state index contributed by atoms with van der Waals surface area (Å²) in [7, 11) is 0. The lowest BCUT2D eigenvalue weighted by Gasteiger charge is -2.29. The molecule has 1 aliphatic rings. The van der Waals surface area contributed by atoms with E-state index < -0.39 is 18.2 Å². The summed E-state index contributed by atoms with van der Waals surface area (Å²) in [4.78, 5) is 11.6. The molecule has 1 aliphatic carbocycles. The molecule has 3 nitrogen and oxygen atoms in total. The van der Waals surface area contributed by atoms with Crippen molar-refractivity contribution in [3.63, 3.8) is 0 Å². The van der Waals surface area contributed by atoms with Gasteiger partial charge in [0.1, 0.15) is 0 Å². The number of halogens is 3. The van der Waals surface area contributed by atoms with Gasteiger partial charge in [-0.3, -0.25) is 4.79 Å². The molecule has 17 heavy (non-hydrogen) atoms. The van der Waals surface area contributed by atoms with Crippen LogP contribution in [0.5, 0.6) is 0 Å². The second kappa shape index (κ2) is 5.71. The summed E-state index contributed by atoms with van der Waals surface area (Å²) in [5.74, 6) is -1.85. The molecule has 0 aromatic heterocycles. The number of alkyl halides is 3. The number of rotatable bonds is 3. The van der Waals surface area contributed by atoms with Gasteiger partial charge in [0.25, 0.3) is 0 Å². The van der Waals surface area contributed by atoms with Crippen LogP contribution in [0.2, 0.25) is 0 Å². The second-order valence-electron chi connectivity index (χ2n) is 4.68. The van der Waals surface area contributed by atoms with Gasteiger partial charge in [0, 0.05) is 12.5 Å². The van der Waals surface area contributed by atoms with Crippen LogP contribution in [-0.2, 0) is 4.79 Å². The molecule has 2 N–H and O–H groups in total. The molecule has 1 atom stereocenters. The highest BCUT2D eigenvalue weighted by atomic mass is 19.4. The molecule has 100 valence electrons. The van der Waals surface area contributed by atoms with Crippen LogP contribution in [0, 0.1) is 11.8 Å². The van der Waals surface area contributed by atoms with E-state index in [0.717, 1.165) is 0 Å². The Morgan fingerprint density at radius 1 is 1.35 bits per heavy atom. The van der Waals surface area contributed by atoms with Gasteiger partial charge in [-0.05, 0) is 32.6 Å². The highest BCUT2D eigenvalue weighted by Crippen LogP contribution is 2.39. The average Bonchev–Trinajstić information content (AvgIpc) is 2.25. The maximum absolute atomic E-state index is 12.4. The van der Waals surface area contributed by atoms with Crippen molar-refractivity contribution in [2.24, 2.45) is 11.8 Å². The van der Waals surface area contributed by atoms with E-state index in [-0.39, 0.29) is 44.1 Å². The molecule has 1 saturated carbocycles. The Balaban J connectivity index is 2.34. The van der Waals surface area contributed by atoms with Crippen molar-refractivity contribution in [2.45, 2.75) is 44.9 Å². The molecule has 1 amide bonds. The first-order valence-electron chi connectivity index (χ1n) is 5.83. The normalized spacial score (nSPS) is 27.6. The van der Waals surface area contributed by atoms with Crippen molar-refractivity contribution in [3.8, 4) is 0 Å². The van der Waals surface area contributed by atoms with E-state index in [4.69, 9.17) is 5.11 Å². The molecule has 0 aromatic carbocycles. The summed E-state index contributed by atoms with van der Waals surface area (Å²) in [6.45, 7) is 1.69. The van der Waals surface area contributed by atoms with E-state index in [2.05, 4.69) is 5.32 Å². The fourth-order valence-corrected chi connectivity index (χ4v) is 2.08. The van der Waals surface area contributed by atoms with Gasteiger partial charge in [-0.1, -0.05) is 0 Å². The lowest BCUT2D eigenvalue weighted by atomic mass is 9.81. The fourth-order valence-electron chi connectivity index (χ4n) is 2.08. The first-order chi connectivity index (χ1) is 7.80. The number of nitrogens with one attached hydrogen (secondary N) is 1. The number of hydrogen-bond acceptors (Lipinski definition) is 2. The Kier molecular flexibility index (Phi) is 4.80. The van der Waals surface area contributed by atoms with E-state index >= 15 is 0 Å². The Bertz CT molecular complexity index is 258. The van der Waals surface area contributed by atoms with Gasteiger partial charge in [0.2, 0.25) is 5.91 Å². The third kappa shape index (κ3) is 4.53. The topological polar surface area (TPSA) is 49.3 Å². The quantitative estimate of drug-likeness (QED) is 0.806. The zero-order valence-electron chi connectivity index (χ0n) is 9.76. The fraction of sp³-hybridized carbons (Fsp3) is 0.909. The van der Waals surface area contributed by atoms with Gasteiger partial charge in [-0.2, -0.15) is 13.2 Å². The van der Waals surface area contributed by atoms with E-state index in [1.807, 2.05) is 0 Å². The molecule has 1 fully saturated rings. The van der Waals surface area contributed by atoms with Gasteiger partial charge in [0.05, 0.1) is 12.0 Å². The van der Waals surface area contributed by atoms with Crippen molar-refractivity contribution in [1.82, 2.24) is 5.32 Å². The maximum Gasteiger partial charge on any atom is 0.391 e. The van der Waals surface area contributed by atoms with E-state index in [0.29, 0.717) is 0 Å². The number of aliphatic hydroxyl groups is 1. The summed E-state index contributed by atoms with van der Waals surface area (Å²) in [5, 5.41) is 11.5. The van der Waals surface area contributed by atoms with Gasteiger partial charge >= 0.3 is 6.18 Å². The third-order valence-corrected chi connectivity index (χ3v) is 3.13. The summed E-state index contributed by atoms with van der Waals surface area (Å²) >= 11 is 0. The van der Waals surface area contributed by atoms with Crippen molar-refractivity contribution in [1.29, 1.82) is 0 Å². The van der Waals surface area contributed by atoms with Crippen molar-refractivity contribution in [3.05, 3.63) is 0 Å². The van der Waals surface area contributed by atoms with Gasteiger partial charge in [0.15, 0.2) is 0 Å². The third-order valence-electron chi connectivity index (χ3n) is 3.13. The summed E-state index contributed by atoms with van der Waals surface area (Å²) in [6, 6.07) is 0. The average molecular weight is 253 g/mol. The molecule has 0 spiro atoms. The van der Waals surface area contributed by atoms with Crippen LogP contribution in [0.15, 0.2) is 0 Å². The Morgan fingerprint density at radius 3 is 2.29 bits per heavy atom. The summed E-state index contributed by atoms with van der Waals surface area (Å²) in [6.07, 6.45) is -4.18. The molecule has 0 heterocycles. The number of carbonyl (C=O) groups is 1. The minimum atomic E-state index is -4.14. The van der Waals surface area contributed by atoms with Crippen molar-refractivity contribution < 1.29 is 23.1 Å². The number of aliphatic hydroxyl groups excluding tert-OH is 1. The number of hydrogen-bond donors (Lipinski definition) is 2. The molecular weight excluding hydrogens is 235 g/mol. The number of carbonyl (C=O) groups excluding carboxylic acids is 1. The van der Waals surface area contributed by atoms with Crippen LogP contribution < -0.4 is 5.32 Å². The first kappa shape index (κ1) is 14.3. The van der Waals surface area contributed by atoms with E-state index in [1.165, 1.54) is 0 Å². The largest absolute Gasteiger partial charge is 0.392 e. The molecular formula is C11H18F3NO2. The van der Waals surface area contributed by atoms with Crippen molar-refractivity contribution >= 4 is 5.91 Å². The van der Waals surface area contributed by atoms with E-state index in [9.17, 15) is 18.0 Å². The Labute approximate surface area is 98.4 Å². The van der Waals surface area contributed by atoms with Gasteiger partial charge < -0.3 is 10.4 Å². The molecule has 6 heteroatoms. The van der Waals surface area contributed by atoms with Gasteiger partial charge in [-0.15, -0.1) is 0 Å². The van der Waals surface area contributed by atoms with Crippen LogP contribution in [0.4, 0.5) is 13.2 Å². The van der Waals surface area contributed by atoms with E-state index in [1.54, 1.807) is 6.92 Å². The summed E-state index contributed by atoms with van der Waals surface area (Å²) < 4.78 is 37.2. The molecule has 0 radical (unpaired) electrons. The zero-order chi connectivity index (χ0) is 13.1. The first-order valence-corrected chi connectivity index (χ1v) is 5.83. The van der Waals surface area contributed by atoms with Crippen LogP contribution >= 0.6 is 0 Å². The molecule has 0 aliphatic heterocycles. The predicted octanol–water partition coefficient (Wildman–Crippen LogP) is 1.85. The maximum atomic E-state index is 12.4. The lowest BCUT2D eigenvalue weighted by Crippen LogP contribution is -2.38. The highest BCUT2D eigenvalue weighted by molar-refractivity contribution is 5.78. The molecule has 0 saturated heterocycles. The van der Waals surface area contributed by atoms with Crippen LogP contribution in [0.25, 0.3) is 0 Å². The Morgan fingerprint density at radius 2 is 1.88 bits per heavy atom. The summed E-state index contributed by atoms with van der Waals surface area (Å²) in [5.41, 5.74) is 0. The lowest BCUT2D eigenvalue weighted by molar-refractivity contribution is -0.184. The zero-order valence-corrected chi connectivity index (χ0v) is 9.76. The molecule has 0 bridgehead atoms. The highest BCUT2D eigenvalue weighted by Gasteiger charge is 2.42. The van der Waals surface area contributed by atoms with Crippen LogP contribution in [-0.4, -0.2) is 29.8 Å². The minimum Gasteiger partial charge on any atom is -0.392 e. The SMILES string of the molecule is C[C@H](O)CNC(=O)C1CCC(C(F)(F)F)CC1. The van der Waals surface area contributed by atoms with Crippen LogP contribution in [0.1, 0.15) is 32.6 Å². The van der Waals surface area contributed by atoms with Gasteiger partial charge in [-0.25, -0.2) is 0 Å². The number of amides is 1. The minimum absolute atomic E-state index is 0.0241. The molecule has 0 aromatic rings. The van der Waals surface area contributed by atoms with Crippen LogP contribution in [0.3, 0.4) is 0 Å².